The third kappa shape index (κ3) is 14.1. The lowest BCUT2D eigenvalue weighted by Gasteiger charge is -2.23. The molecule has 11 aromatic carbocycles. The van der Waals surface area contributed by atoms with Gasteiger partial charge < -0.3 is 0 Å². The molecule has 16 amide bonds. The summed E-state index contributed by atoms with van der Waals surface area (Å²) in [7, 11) is 0. The van der Waals surface area contributed by atoms with E-state index in [1.54, 1.807) is 72.8 Å². The van der Waals surface area contributed by atoms with Crippen LogP contribution in [-0.4, -0.2) is 111 Å². The zero-order valence-electron chi connectivity index (χ0n) is 76.2. The molecule has 4 saturated heterocycles. The molecular weight excluding hydrogens is 1750 g/mol. The van der Waals surface area contributed by atoms with Crippen LogP contribution in [0.25, 0.3) is 0 Å². The van der Waals surface area contributed by atoms with Crippen LogP contribution in [0.4, 0.5) is 34.1 Å². The van der Waals surface area contributed by atoms with Crippen molar-refractivity contribution in [2.45, 2.75) is 154 Å². The SMILES string of the molecule is O=C1c2cc3c(cc2C(=O)N1CN1C(=O)C2Cc4ccccc4CC2C1=O)CCCC3.O=C1c2cc3c(cc2C(=O)N1c1ccc(N2C(=O)C4Cc5ccccc5CC4C2=O)cc1)CCCC3.O=C1c2cc3c(cc2C(=O)N1c1cccc(N2C(=O)C4Cc5ccccc5CC4C2=O)c1)CCCC3.O=C1c2cc3c(cc2C(=O)N1c1ccccc1N1C(=O)C2Cc4ccccc4CC2C1=O)CCCC3. The highest BCUT2D eigenvalue weighted by atomic mass is 16.2. The largest absolute Gasteiger partial charge is 0.274 e. The van der Waals surface area contributed by atoms with Crippen LogP contribution in [0.1, 0.15) is 223 Å². The average Bonchev–Trinajstić information content (AvgIpc) is 1.59. The van der Waals surface area contributed by atoms with Crippen molar-refractivity contribution in [3.63, 3.8) is 0 Å². The Labute approximate surface area is 799 Å². The molecule has 8 unspecified atom stereocenters. The highest BCUT2D eigenvalue weighted by molar-refractivity contribution is 6.38. The van der Waals surface area contributed by atoms with E-state index in [1.165, 1.54) is 24.5 Å². The Balaban J connectivity index is 0.000000101. The summed E-state index contributed by atoms with van der Waals surface area (Å²) in [5.41, 5.74) is 23.6. The first kappa shape index (κ1) is 86.4. The summed E-state index contributed by atoms with van der Waals surface area (Å²) < 4.78 is 0. The van der Waals surface area contributed by atoms with Gasteiger partial charge in [-0.1, -0.05) is 115 Å². The van der Waals surface area contributed by atoms with E-state index in [4.69, 9.17) is 0 Å². The fourth-order valence-corrected chi connectivity index (χ4v) is 24.9. The molecule has 27 rings (SSSR count). The van der Waals surface area contributed by atoms with Gasteiger partial charge in [0.05, 0.1) is 126 Å². The monoisotopic (exact) mass is 1840 g/mol. The summed E-state index contributed by atoms with van der Waals surface area (Å²) in [6, 6.07) is 66.7. The topological polar surface area (TPSA) is 299 Å². The van der Waals surface area contributed by atoms with Crippen LogP contribution in [-0.2, 0) is 141 Å². The maximum atomic E-state index is 13.6. The first-order valence-corrected chi connectivity index (χ1v) is 48.8. The van der Waals surface area contributed by atoms with E-state index < -0.39 is 47.3 Å². The molecule has 8 aliphatic heterocycles. The Morgan fingerprint density at radius 2 is 0.381 bits per heavy atom. The van der Waals surface area contributed by atoms with Gasteiger partial charge in [0.1, 0.15) is 6.67 Å². The van der Waals surface area contributed by atoms with Crippen LogP contribution in [0, 0.1) is 47.3 Å². The molecule has 24 heteroatoms. The number of rotatable bonds is 8. The molecule has 16 aliphatic rings. The number of hydrogen-bond acceptors (Lipinski definition) is 16. The van der Waals surface area contributed by atoms with Crippen molar-refractivity contribution >= 4 is 129 Å². The van der Waals surface area contributed by atoms with Crippen molar-refractivity contribution in [3.8, 4) is 0 Å². The van der Waals surface area contributed by atoms with Crippen LogP contribution < -0.4 is 29.4 Å². The molecule has 8 heterocycles. The van der Waals surface area contributed by atoms with E-state index in [0.717, 1.165) is 206 Å². The lowest BCUT2D eigenvalue weighted by molar-refractivity contribution is -0.141. The number of aryl methyl sites for hydroxylation is 8. The van der Waals surface area contributed by atoms with Crippen molar-refractivity contribution < 1.29 is 76.7 Å². The number of anilines is 6. The quantitative estimate of drug-likeness (QED) is 0.128. The van der Waals surface area contributed by atoms with Crippen molar-refractivity contribution in [2.75, 3.05) is 36.1 Å². The van der Waals surface area contributed by atoms with E-state index in [0.29, 0.717) is 124 Å². The molecule has 8 aliphatic carbocycles. The van der Waals surface area contributed by atoms with Gasteiger partial charge >= 0.3 is 0 Å². The van der Waals surface area contributed by atoms with Gasteiger partial charge in [-0.05, 0) is 346 Å². The van der Waals surface area contributed by atoms with Gasteiger partial charge in [0.15, 0.2) is 0 Å². The molecule has 4 fully saturated rings. The molecule has 8 atom stereocenters. The summed E-state index contributed by atoms with van der Waals surface area (Å²) in [5.74, 6) is -8.05. The number of fused-ring (bicyclic) bond motifs is 16. The number of carbonyl (C=O) groups excluding carboxylic acids is 16. The first-order valence-electron chi connectivity index (χ1n) is 48.8. The number of imide groups is 8. The Morgan fingerprint density at radius 3 is 0.662 bits per heavy atom. The minimum Gasteiger partial charge on any atom is -0.274 e. The van der Waals surface area contributed by atoms with Crippen LogP contribution >= 0.6 is 0 Å². The number of para-hydroxylation sites is 2. The van der Waals surface area contributed by atoms with Gasteiger partial charge in [0.25, 0.3) is 47.3 Å². The Hall–Kier alpha value is -15.5. The Morgan fingerprint density at radius 1 is 0.173 bits per heavy atom. The highest BCUT2D eigenvalue weighted by Crippen LogP contribution is 2.49. The van der Waals surface area contributed by atoms with Gasteiger partial charge in [0.2, 0.25) is 47.3 Å². The van der Waals surface area contributed by atoms with Crippen molar-refractivity contribution in [1.82, 2.24) is 9.80 Å². The van der Waals surface area contributed by atoms with Gasteiger partial charge in [-0.3, -0.25) is 91.4 Å². The van der Waals surface area contributed by atoms with E-state index >= 15 is 0 Å². The summed E-state index contributed by atoms with van der Waals surface area (Å²) in [6.45, 7) is -0.294. The number of carbonyl (C=O) groups is 16. The number of benzene rings is 11. The number of amides is 16. The van der Waals surface area contributed by atoms with Crippen LogP contribution in [0.3, 0.4) is 0 Å². The minimum absolute atomic E-state index is 0.182. The predicted molar refractivity (Wildman–Crippen MR) is 513 cm³/mol. The molecule has 0 spiro atoms. The van der Waals surface area contributed by atoms with Crippen molar-refractivity contribution in [2.24, 2.45) is 47.3 Å². The average molecular weight is 1840 g/mol. The molecule has 0 aromatic heterocycles. The van der Waals surface area contributed by atoms with E-state index in [1.807, 2.05) is 146 Å². The molecule has 0 saturated carbocycles. The second-order valence-corrected chi connectivity index (χ2v) is 39.7. The van der Waals surface area contributed by atoms with Crippen LogP contribution in [0.15, 0.2) is 218 Å². The number of nitrogens with zero attached hydrogens (tertiary/aromatic N) is 8. The Bertz CT molecular complexity index is 7060. The maximum Gasteiger partial charge on any atom is 0.266 e. The van der Waals surface area contributed by atoms with E-state index in [2.05, 4.69) is 0 Å². The van der Waals surface area contributed by atoms with E-state index in [-0.39, 0.29) is 107 Å². The van der Waals surface area contributed by atoms with Gasteiger partial charge in [-0.2, -0.15) is 0 Å². The third-order valence-electron chi connectivity index (χ3n) is 32.2. The summed E-state index contributed by atoms with van der Waals surface area (Å²) in [4.78, 5) is 222. The fourth-order valence-electron chi connectivity index (χ4n) is 24.9. The number of likely N-dealkylation sites (tertiary alicyclic amines) is 1. The third-order valence-corrected chi connectivity index (χ3v) is 32.2. The lowest BCUT2D eigenvalue weighted by atomic mass is 9.77. The summed E-state index contributed by atoms with van der Waals surface area (Å²) >= 11 is 0. The molecular formula is C115H94N8O16. The molecule has 24 nitrogen and oxygen atoms in total. The smallest absolute Gasteiger partial charge is 0.266 e. The van der Waals surface area contributed by atoms with Crippen LogP contribution in [0.5, 0.6) is 0 Å². The zero-order chi connectivity index (χ0) is 94.9. The predicted octanol–water partition coefficient (Wildman–Crippen LogP) is 15.3. The standard InChI is InChI=1S/3C30H24N2O4.C25H22N2O4/c33-27-21-13-17-7-1-2-8-18(17)14-22(21)28(34)31(27)25-11-5-6-12-26(25)32-29(35)23-15-19-9-3-4-10-20(19)16-24(23)30(32)36;33-27-23-12-17-6-1-2-7-18(17)13-24(23)28(34)31(27)21-10-5-11-22(16-21)32-29(35)25-14-19-8-3-4-9-20(19)15-26(25)30(32)36;33-27-23-13-17-5-1-2-6-18(17)14-24(23)28(34)31(27)21-9-11-22(12-10-21)32-29(35)25-15-19-7-3-4-8-20(19)16-26(25)30(32)36;28-22-18-9-14-5-1-2-6-15(14)10-19(18)23(29)26(22)13-27-24(30)20-11-16-7-3-4-8-17(16)12-21(20)25(27)31/h1-2,5-8,11-12,15-16,21-22H,3-4,9-10,13-14H2;1-2,5-7,10-11,14-16,23-24H,3-4,8-9,12-13H2;1-2,5-6,9-12,15-16,23-24H,3-4,7-8,13-14H2;1-2,5-6,11-12,18-19H,3-4,7-10,13H2. The van der Waals surface area contributed by atoms with Gasteiger partial charge in [0, 0.05) is 0 Å². The molecule has 690 valence electrons. The molecule has 0 radical (unpaired) electrons. The van der Waals surface area contributed by atoms with Gasteiger partial charge in [-0.25, -0.2) is 24.5 Å². The minimum atomic E-state index is -0.436. The molecule has 139 heavy (non-hydrogen) atoms. The number of hydrogen-bond donors (Lipinski definition) is 0. The highest BCUT2D eigenvalue weighted by Gasteiger charge is 2.57. The molecule has 0 bridgehead atoms. The Kier molecular flexibility index (Phi) is 21.0. The fraction of sp³-hybridized carbons (Fsp3) is 0.287. The second kappa shape index (κ2) is 33.8. The zero-order valence-corrected chi connectivity index (χ0v) is 76.2. The van der Waals surface area contributed by atoms with Crippen molar-refractivity contribution in [1.29, 1.82) is 0 Å². The van der Waals surface area contributed by atoms with Crippen LogP contribution in [0.2, 0.25) is 0 Å². The summed E-state index contributed by atoms with van der Waals surface area (Å²) in [6.07, 6.45) is 20.4. The van der Waals surface area contributed by atoms with Gasteiger partial charge in [-0.15, -0.1) is 0 Å². The summed E-state index contributed by atoms with van der Waals surface area (Å²) in [5, 5.41) is 0. The maximum absolute atomic E-state index is 13.6. The normalized spacial score (nSPS) is 22.8. The molecule has 11 aromatic rings. The molecule has 0 N–H and O–H groups in total. The van der Waals surface area contributed by atoms with Crippen molar-refractivity contribution in [3.05, 3.63) is 352 Å². The lowest BCUT2D eigenvalue weighted by Crippen LogP contribution is -2.44. The second-order valence-electron chi connectivity index (χ2n) is 39.7. The van der Waals surface area contributed by atoms with E-state index in [9.17, 15) is 76.7 Å². The first-order chi connectivity index (χ1) is 67.6.